The van der Waals surface area contributed by atoms with Crippen molar-refractivity contribution in [2.75, 3.05) is 17.0 Å². The van der Waals surface area contributed by atoms with Gasteiger partial charge in [-0.25, -0.2) is 0 Å². The van der Waals surface area contributed by atoms with Gasteiger partial charge < -0.3 is 19.4 Å². The highest BCUT2D eigenvalue weighted by molar-refractivity contribution is 9.10. The molecule has 7 nitrogen and oxygen atoms in total. The SMILES string of the molecule is O=C(Cn1cc(/C=C2\SC(=S)N(c3ccc(Br)cc3)C2=O)c2ccccc21)Nc1ccc2c(c1)OCO2. The first-order valence-corrected chi connectivity index (χ1v) is 13.3. The number of anilines is 2. The topological polar surface area (TPSA) is 72.8 Å². The molecule has 0 bridgehead atoms. The molecule has 0 radical (unpaired) electrons. The lowest BCUT2D eigenvalue weighted by Gasteiger charge is -2.14. The Bertz CT molecular complexity index is 1610. The van der Waals surface area contributed by atoms with Gasteiger partial charge >= 0.3 is 0 Å². The molecule has 10 heteroatoms. The summed E-state index contributed by atoms with van der Waals surface area (Å²) < 4.78 is 14.0. The van der Waals surface area contributed by atoms with Crippen LogP contribution in [0.2, 0.25) is 0 Å². The number of nitrogens with zero attached hydrogens (tertiary/aromatic N) is 2. The van der Waals surface area contributed by atoms with Crippen LogP contribution in [0, 0.1) is 0 Å². The molecule has 37 heavy (non-hydrogen) atoms. The number of hydrogen-bond acceptors (Lipinski definition) is 6. The number of hydrogen-bond donors (Lipinski definition) is 1. The number of thioether (sulfide) groups is 1. The zero-order valence-electron chi connectivity index (χ0n) is 19.1. The molecule has 2 amide bonds. The standard InChI is InChI=1S/C27H18BrN3O4S2/c28-17-5-8-19(9-6-17)31-26(33)24(37-27(31)36)11-16-13-30(21-4-2-1-3-20(16)21)14-25(32)29-18-7-10-22-23(12-18)35-15-34-22/h1-13H,14-15H2,(H,29,32)/b24-11-. The van der Waals surface area contributed by atoms with Crippen molar-refractivity contribution in [2.45, 2.75) is 6.54 Å². The van der Waals surface area contributed by atoms with E-state index in [9.17, 15) is 9.59 Å². The number of fused-ring (bicyclic) bond motifs is 2. The van der Waals surface area contributed by atoms with E-state index < -0.39 is 0 Å². The predicted octanol–water partition coefficient (Wildman–Crippen LogP) is 6.18. The zero-order valence-corrected chi connectivity index (χ0v) is 22.4. The fourth-order valence-electron chi connectivity index (χ4n) is 4.27. The number of thiocarbonyl (C=S) groups is 1. The summed E-state index contributed by atoms with van der Waals surface area (Å²) in [5.41, 5.74) is 3.07. The van der Waals surface area contributed by atoms with Crippen LogP contribution in [0.3, 0.4) is 0 Å². The number of benzene rings is 3. The first-order valence-electron chi connectivity index (χ1n) is 11.3. The first kappa shape index (κ1) is 23.8. The van der Waals surface area contributed by atoms with Gasteiger partial charge in [0.2, 0.25) is 12.7 Å². The van der Waals surface area contributed by atoms with Crippen LogP contribution in [-0.2, 0) is 16.1 Å². The fraction of sp³-hybridized carbons (Fsp3) is 0.0741. The Hall–Kier alpha value is -3.60. The van der Waals surface area contributed by atoms with Gasteiger partial charge in [0.15, 0.2) is 15.8 Å². The van der Waals surface area contributed by atoms with Crippen molar-refractivity contribution >= 4 is 84.4 Å². The minimum atomic E-state index is -0.187. The molecule has 3 aromatic carbocycles. The second-order valence-corrected chi connectivity index (χ2v) is 10.9. The molecule has 0 saturated carbocycles. The van der Waals surface area contributed by atoms with Crippen LogP contribution >= 0.6 is 39.9 Å². The molecule has 6 rings (SSSR count). The number of carbonyl (C=O) groups excluding carboxylic acids is 2. The maximum atomic E-state index is 13.3. The molecule has 0 aliphatic carbocycles. The Kier molecular flexibility index (Phi) is 6.23. The van der Waals surface area contributed by atoms with E-state index in [4.69, 9.17) is 21.7 Å². The maximum absolute atomic E-state index is 13.3. The van der Waals surface area contributed by atoms with E-state index in [1.807, 2.05) is 65.4 Å². The Labute approximate surface area is 230 Å². The van der Waals surface area contributed by atoms with E-state index >= 15 is 0 Å². The van der Waals surface area contributed by atoms with Gasteiger partial charge in [0.25, 0.3) is 5.91 Å². The lowest BCUT2D eigenvalue weighted by atomic mass is 10.1. The zero-order chi connectivity index (χ0) is 25.5. The number of halogens is 1. The van der Waals surface area contributed by atoms with Gasteiger partial charge in [0, 0.05) is 38.9 Å². The maximum Gasteiger partial charge on any atom is 0.270 e. The van der Waals surface area contributed by atoms with Crippen LogP contribution in [0.1, 0.15) is 5.56 Å². The second kappa shape index (κ2) is 9.70. The summed E-state index contributed by atoms with van der Waals surface area (Å²) in [4.78, 5) is 28.2. The third kappa shape index (κ3) is 4.63. The molecule has 1 N–H and O–H groups in total. The highest BCUT2D eigenvalue weighted by Gasteiger charge is 2.33. The van der Waals surface area contributed by atoms with E-state index in [1.165, 1.54) is 16.7 Å². The van der Waals surface area contributed by atoms with E-state index in [-0.39, 0.29) is 25.2 Å². The summed E-state index contributed by atoms with van der Waals surface area (Å²) in [5.74, 6) is 0.902. The van der Waals surface area contributed by atoms with E-state index in [0.717, 1.165) is 26.6 Å². The van der Waals surface area contributed by atoms with Gasteiger partial charge in [0.1, 0.15) is 6.54 Å². The summed E-state index contributed by atoms with van der Waals surface area (Å²) in [6.07, 6.45) is 3.72. The molecule has 2 aliphatic rings. The summed E-state index contributed by atoms with van der Waals surface area (Å²) in [6, 6.07) is 20.5. The molecule has 2 aliphatic heterocycles. The number of aromatic nitrogens is 1. The molecule has 184 valence electrons. The van der Waals surface area contributed by atoms with Gasteiger partial charge in [-0.1, -0.05) is 58.1 Å². The van der Waals surface area contributed by atoms with Crippen molar-refractivity contribution in [3.8, 4) is 11.5 Å². The van der Waals surface area contributed by atoms with Crippen molar-refractivity contribution in [2.24, 2.45) is 0 Å². The van der Waals surface area contributed by atoms with Crippen LogP contribution in [0.15, 0.2) is 82.3 Å². The number of carbonyl (C=O) groups is 2. The Balaban J connectivity index is 1.26. The van der Waals surface area contributed by atoms with Gasteiger partial charge in [-0.05, 0) is 48.5 Å². The molecule has 0 unspecified atom stereocenters. The summed E-state index contributed by atoms with van der Waals surface area (Å²) in [7, 11) is 0. The summed E-state index contributed by atoms with van der Waals surface area (Å²) in [5, 5.41) is 3.85. The number of amides is 2. The van der Waals surface area contributed by atoms with Crippen molar-refractivity contribution < 1.29 is 19.1 Å². The molecular weight excluding hydrogens is 574 g/mol. The monoisotopic (exact) mass is 591 g/mol. The third-order valence-corrected chi connectivity index (χ3v) is 7.79. The lowest BCUT2D eigenvalue weighted by molar-refractivity contribution is -0.116. The van der Waals surface area contributed by atoms with Crippen LogP contribution < -0.4 is 19.7 Å². The van der Waals surface area contributed by atoms with Gasteiger partial charge in [-0.15, -0.1) is 0 Å². The van der Waals surface area contributed by atoms with Crippen molar-refractivity contribution in [1.82, 2.24) is 4.57 Å². The van der Waals surface area contributed by atoms with E-state index in [1.54, 1.807) is 18.2 Å². The third-order valence-electron chi connectivity index (χ3n) is 5.95. The summed E-state index contributed by atoms with van der Waals surface area (Å²) in [6.45, 7) is 0.273. The predicted molar refractivity (Wildman–Crippen MR) is 153 cm³/mol. The van der Waals surface area contributed by atoms with Crippen molar-refractivity contribution in [1.29, 1.82) is 0 Å². The van der Waals surface area contributed by atoms with Crippen LogP contribution in [0.5, 0.6) is 11.5 Å². The van der Waals surface area contributed by atoms with Crippen LogP contribution in [0.4, 0.5) is 11.4 Å². The number of rotatable bonds is 5. The quantitative estimate of drug-likeness (QED) is 0.221. The molecule has 3 heterocycles. The Morgan fingerprint density at radius 2 is 1.86 bits per heavy atom. The van der Waals surface area contributed by atoms with Crippen LogP contribution in [-0.4, -0.2) is 27.5 Å². The molecule has 1 aromatic heterocycles. The number of para-hydroxylation sites is 1. The molecule has 4 aromatic rings. The first-order chi connectivity index (χ1) is 18.0. The fourth-order valence-corrected chi connectivity index (χ4v) is 5.83. The molecule has 1 saturated heterocycles. The highest BCUT2D eigenvalue weighted by atomic mass is 79.9. The number of ether oxygens (including phenoxy) is 2. The lowest BCUT2D eigenvalue weighted by Crippen LogP contribution is -2.27. The molecule has 0 spiro atoms. The molecular formula is C27H18BrN3O4S2. The van der Waals surface area contributed by atoms with Gasteiger partial charge in [-0.2, -0.15) is 0 Å². The average molecular weight is 592 g/mol. The minimum Gasteiger partial charge on any atom is -0.454 e. The highest BCUT2D eigenvalue weighted by Crippen LogP contribution is 2.38. The number of nitrogens with one attached hydrogen (secondary N) is 1. The summed E-state index contributed by atoms with van der Waals surface area (Å²) >= 11 is 10.2. The van der Waals surface area contributed by atoms with Gasteiger partial charge in [0.05, 0.1) is 10.6 Å². The van der Waals surface area contributed by atoms with Crippen molar-refractivity contribution in [3.05, 3.63) is 87.9 Å². The van der Waals surface area contributed by atoms with Crippen molar-refractivity contribution in [3.63, 3.8) is 0 Å². The normalized spacial score (nSPS) is 15.7. The van der Waals surface area contributed by atoms with Gasteiger partial charge in [-0.3, -0.25) is 14.5 Å². The van der Waals surface area contributed by atoms with E-state index in [2.05, 4.69) is 21.2 Å². The Morgan fingerprint density at radius 1 is 1.08 bits per heavy atom. The van der Waals surface area contributed by atoms with Crippen LogP contribution in [0.25, 0.3) is 17.0 Å². The smallest absolute Gasteiger partial charge is 0.270 e. The Morgan fingerprint density at radius 3 is 2.70 bits per heavy atom. The minimum absolute atomic E-state index is 0.0998. The van der Waals surface area contributed by atoms with E-state index in [0.29, 0.717) is 26.4 Å². The second-order valence-electron chi connectivity index (χ2n) is 8.34. The molecule has 0 atom stereocenters. The average Bonchev–Trinajstić information content (AvgIpc) is 3.56. The molecule has 1 fully saturated rings. The largest absolute Gasteiger partial charge is 0.454 e.